The Bertz CT molecular complexity index is 738. The van der Waals surface area contributed by atoms with Gasteiger partial charge in [-0.25, -0.2) is 4.79 Å². The van der Waals surface area contributed by atoms with Crippen LogP contribution in [0.4, 0.5) is 5.82 Å². The maximum absolute atomic E-state index is 12.3. The molecule has 0 radical (unpaired) electrons. The standard InChI is InChI=1S/C17H20N2O5/c1-5-13(16(20)18-15-8-11(3)24-19-15)23-17(21)12-7-6-10(2)14(9-12)22-4/h6-9,13H,5H2,1-4H3,(H,18,19,20)/t13-/m0/s1. The quantitative estimate of drug-likeness (QED) is 0.818. The molecule has 0 fully saturated rings. The zero-order chi connectivity index (χ0) is 17.7. The van der Waals surface area contributed by atoms with Crippen molar-refractivity contribution >= 4 is 17.7 Å². The summed E-state index contributed by atoms with van der Waals surface area (Å²) in [5, 5.41) is 6.23. The van der Waals surface area contributed by atoms with Gasteiger partial charge in [0.05, 0.1) is 12.7 Å². The van der Waals surface area contributed by atoms with Crippen LogP contribution in [-0.2, 0) is 9.53 Å². The van der Waals surface area contributed by atoms with E-state index in [0.29, 0.717) is 23.5 Å². The highest BCUT2D eigenvalue weighted by atomic mass is 16.5. The van der Waals surface area contributed by atoms with Crippen LogP contribution >= 0.6 is 0 Å². The minimum absolute atomic E-state index is 0.281. The Balaban J connectivity index is 2.06. The first-order chi connectivity index (χ1) is 11.4. The summed E-state index contributed by atoms with van der Waals surface area (Å²) in [4.78, 5) is 24.5. The average molecular weight is 332 g/mol. The van der Waals surface area contributed by atoms with Gasteiger partial charge < -0.3 is 19.3 Å². The van der Waals surface area contributed by atoms with Gasteiger partial charge in [0.1, 0.15) is 11.5 Å². The van der Waals surface area contributed by atoms with E-state index in [0.717, 1.165) is 5.56 Å². The van der Waals surface area contributed by atoms with Gasteiger partial charge in [-0.15, -0.1) is 0 Å². The van der Waals surface area contributed by atoms with Gasteiger partial charge in [-0.3, -0.25) is 4.79 Å². The lowest BCUT2D eigenvalue weighted by molar-refractivity contribution is -0.124. The number of carbonyl (C=O) groups is 2. The monoisotopic (exact) mass is 332 g/mol. The van der Waals surface area contributed by atoms with Crippen molar-refractivity contribution in [2.24, 2.45) is 0 Å². The number of aryl methyl sites for hydroxylation is 2. The molecule has 1 heterocycles. The molecule has 0 spiro atoms. The van der Waals surface area contributed by atoms with Crippen LogP contribution < -0.4 is 10.1 Å². The lowest BCUT2D eigenvalue weighted by Crippen LogP contribution is -2.32. The number of aromatic nitrogens is 1. The van der Waals surface area contributed by atoms with Crippen molar-refractivity contribution in [3.63, 3.8) is 0 Å². The predicted octanol–water partition coefficient (Wildman–Crippen LogP) is 2.87. The van der Waals surface area contributed by atoms with Crippen LogP contribution in [0.3, 0.4) is 0 Å². The molecular formula is C17H20N2O5. The second-order valence-electron chi connectivity index (χ2n) is 5.30. The van der Waals surface area contributed by atoms with Gasteiger partial charge in [0.15, 0.2) is 11.9 Å². The molecule has 7 nitrogen and oxygen atoms in total. The Morgan fingerprint density at radius 2 is 2.04 bits per heavy atom. The largest absolute Gasteiger partial charge is 0.496 e. The molecule has 2 aromatic rings. The van der Waals surface area contributed by atoms with Crippen molar-refractivity contribution in [3.05, 3.63) is 41.2 Å². The van der Waals surface area contributed by atoms with Gasteiger partial charge in [0, 0.05) is 6.07 Å². The van der Waals surface area contributed by atoms with Crippen molar-refractivity contribution in [3.8, 4) is 5.75 Å². The molecule has 1 aromatic carbocycles. The Morgan fingerprint density at radius 1 is 1.29 bits per heavy atom. The molecule has 0 aliphatic carbocycles. The Labute approximate surface area is 139 Å². The number of nitrogens with one attached hydrogen (secondary N) is 1. The second kappa shape index (κ2) is 7.63. The van der Waals surface area contributed by atoms with Crippen LogP contribution in [0, 0.1) is 13.8 Å². The van der Waals surface area contributed by atoms with Crippen molar-refractivity contribution in [2.75, 3.05) is 12.4 Å². The third kappa shape index (κ3) is 4.13. The summed E-state index contributed by atoms with van der Waals surface area (Å²) < 4.78 is 15.4. The molecule has 0 saturated heterocycles. The Hall–Kier alpha value is -2.83. The number of rotatable bonds is 6. The van der Waals surface area contributed by atoms with Crippen LogP contribution in [0.1, 0.15) is 35.0 Å². The minimum atomic E-state index is -0.929. The highest BCUT2D eigenvalue weighted by Gasteiger charge is 2.23. The number of carbonyl (C=O) groups excluding carboxylic acids is 2. The van der Waals surface area contributed by atoms with Crippen LogP contribution in [-0.4, -0.2) is 30.2 Å². The van der Waals surface area contributed by atoms with E-state index in [1.807, 2.05) is 6.92 Å². The van der Waals surface area contributed by atoms with Crippen molar-refractivity contribution in [1.29, 1.82) is 0 Å². The summed E-state index contributed by atoms with van der Waals surface area (Å²) in [6.07, 6.45) is -0.598. The fourth-order valence-corrected chi connectivity index (χ4v) is 2.10. The number of methoxy groups -OCH3 is 1. The molecule has 7 heteroatoms. The number of anilines is 1. The van der Waals surface area contributed by atoms with Crippen LogP contribution in [0.25, 0.3) is 0 Å². The molecule has 1 amide bonds. The van der Waals surface area contributed by atoms with E-state index in [1.54, 1.807) is 38.1 Å². The number of hydrogen-bond donors (Lipinski definition) is 1. The third-order valence-electron chi connectivity index (χ3n) is 3.44. The number of amides is 1. The Kier molecular flexibility index (Phi) is 5.57. The highest BCUT2D eigenvalue weighted by Crippen LogP contribution is 2.20. The lowest BCUT2D eigenvalue weighted by Gasteiger charge is -2.15. The number of hydrogen-bond acceptors (Lipinski definition) is 6. The topological polar surface area (TPSA) is 90.7 Å². The molecule has 0 aliphatic heterocycles. The van der Waals surface area contributed by atoms with E-state index in [9.17, 15) is 9.59 Å². The summed E-state index contributed by atoms with van der Waals surface area (Å²) in [6.45, 7) is 5.34. The summed E-state index contributed by atoms with van der Waals surface area (Å²) in [5.41, 5.74) is 1.22. The SMILES string of the molecule is CC[C@H](OC(=O)c1ccc(C)c(OC)c1)C(=O)Nc1cc(C)on1. The van der Waals surface area contributed by atoms with E-state index in [1.165, 1.54) is 7.11 Å². The van der Waals surface area contributed by atoms with E-state index in [4.69, 9.17) is 14.0 Å². The number of benzene rings is 1. The molecule has 1 atom stereocenters. The number of ether oxygens (including phenoxy) is 2. The minimum Gasteiger partial charge on any atom is -0.496 e. The first-order valence-electron chi connectivity index (χ1n) is 7.54. The fraction of sp³-hybridized carbons (Fsp3) is 0.353. The number of esters is 1. The van der Waals surface area contributed by atoms with Crippen LogP contribution in [0.15, 0.2) is 28.8 Å². The first-order valence-corrected chi connectivity index (χ1v) is 7.54. The van der Waals surface area contributed by atoms with Gasteiger partial charge in [0.25, 0.3) is 5.91 Å². The van der Waals surface area contributed by atoms with E-state index < -0.39 is 18.0 Å². The van der Waals surface area contributed by atoms with Gasteiger partial charge >= 0.3 is 5.97 Å². The summed E-state index contributed by atoms with van der Waals surface area (Å²) >= 11 is 0. The number of nitrogens with zero attached hydrogens (tertiary/aromatic N) is 1. The molecule has 1 aromatic heterocycles. The summed E-state index contributed by atoms with van der Waals surface area (Å²) in [6, 6.07) is 6.56. The molecular weight excluding hydrogens is 312 g/mol. The molecule has 0 unspecified atom stereocenters. The second-order valence-corrected chi connectivity index (χ2v) is 5.30. The third-order valence-corrected chi connectivity index (χ3v) is 3.44. The zero-order valence-electron chi connectivity index (χ0n) is 14.1. The normalized spacial score (nSPS) is 11.7. The Morgan fingerprint density at radius 3 is 2.62 bits per heavy atom. The van der Waals surface area contributed by atoms with Crippen molar-refractivity contribution in [2.45, 2.75) is 33.3 Å². The predicted molar refractivity (Wildman–Crippen MR) is 87.1 cm³/mol. The van der Waals surface area contributed by atoms with E-state index in [2.05, 4.69) is 10.5 Å². The van der Waals surface area contributed by atoms with Crippen molar-refractivity contribution < 1.29 is 23.6 Å². The lowest BCUT2D eigenvalue weighted by atomic mass is 10.1. The van der Waals surface area contributed by atoms with Gasteiger partial charge in [-0.05, 0) is 38.0 Å². The van der Waals surface area contributed by atoms with Gasteiger partial charge in [-0.2, -0.15) is 0 Å². The summed E-state index contributed by atoms with van der Waals surface area (Å²) in [7, 11) is 1.53. The smallest absolute Gasteiger partial charge is 0.339 e. The van der Waals surface area contributed by atoms with Gasteiger partial charge in [0.2, 0.25) is 0 Å². The van der Waals surface area contributed by atoms with Crippen molar-refractivity contribution in [1.82, 2.24) is 5.16 Å². The maximum atomic E-state index is 12.3. The van der Waals surface area contributed by atoms with Gasteiger partial charge in [-0.1, -0.05) is 18.1 Å². The molecule has 0 saturated carbocycles. The maximum Gasteiger partial charge on any atom is 0.339 e. The zero-order valence-corrected chi connectivity index (χ0v) is 14.1. The summed E-state index contributed by atoms with van der Waals surface area (Å²) in [5.74, 6) is 0.385. The van der Waals surface area contributed by atoms with E-state index >= 15 is 0 Å². The molecule has 0 bridgehead atoms. The van der Waals surface area contributed by atoms with E-state index in [-0.39, 0.29) is 5.82 Å². The molecule has 128 valence electrons. The molecule has 2 rings (SSSR count). The van der Waals surface area contributed by atoms with Crippen LogP contribution in [0.5, 0.6) is 5.75 Å². The molecule has 0 aliphatic rings. The van der Waals surface area contributed by atoms with Crippen LogP contribution in [0.2, 0.25) is 0 Å². The average Bonchev–Trinajstić information content (AvgIpc) is 2.97. The highest BCUT2D eigenvalue weighted by molar-refractivity contribution is 5.97. The first kappa shape index (κ1) is 17.5. The molecule has 24 heavy (non-hydrogen) atoms. The molecule has 1 N–H and O–H groups in total. The fourth-order valence-electron chi connectivity index (χ4n) is 2.10.